The summed E-state index contributed by atoms with van der Waals surface area (Å²) in [5, 5.41) is 12.6. The molecule has 0 amide bonds. The molecular weight excluding hydrogens is 292 g/mol. The first-order valence-electron chi connectivity index (χ1n) is 6.61. The van der Waals surface area contributed by atoms with E-state index >= 15 is 0 Å². The van der Waals surface area contributed by atoms with Crippen LogP contribution in [0.5, 0.6) is 0 Å². The molecule has 1 unspecified atom stereocenters. The van der Waals surface area contributed by atoms with Crippen molar-refractivity contribution in [1.82, 2.24) is 10.3 Å². The van der Waals surface area contributed by atoms with Gasteiger partial charge in [0.2, 0.25) is 0 Å². The van der Waals surface area contributed by atoms with E-state index in [1.165, 1.54) is 4.88 Å². The Kier molecular flexibility index (Phi) is 4.99. The highest BCUT2D eigenvalue weighted by Crippen LogP contribution is 2.21. The largest absolute Gasteiger partial charge is 0.304 e. The first kappa shape index (κ1) is 15.5. The Labute approximate surface area is 126 Å². The average molecular weight is 307 g/mol. The summed E-state index contributed by atoms with van der Waals surface area (Å²) in [7, 11) is 0. The minimum absolute atomic E-state index is 0.0192. The molecule has 1 heterocycles. The summed E-state index contributed by atoms with van der Waals surface area (Å²) < 4.78 is 27.5. The molecule has 0 radical (unpaired) electrons. The predicted molar refractivity (Wildman–Crippen MR) is 77.8 cm³/mol. The fourth-order valence-electron chi connectivity index (χ4n) is 1.87. The van der Waals surface area contributed by atoms with Gasteiger partial charge in [0.25, 0.3) is 0 Å². The fourth-order valence-corrected chi connectivity index (χ4v) is 2.75. The number of aryl methyl sites for hydroxylation is 1. The molecule has 3 nitrogen and oxygen atoms in total. The highest BCUT2D eigenvalue weighted by molar-refractivity contribution is 7.11. The number of thiazole rings is 1. The lowest BCUT2D eigenvalue weighted by molar-refractivity contribution is 0.508. The Balaban J connectivity index is 2.08. The zero-order valence-electron chi connectivity index (χ0n) is 11.8. The SMILES string of the molecule is CCc1cnc(C(C)NCc2c(F)cc(C#N)cc2F)s1. The van der Waals surface area contributed by atoms with Crippen LogP contribution in [0.3, 0.4) is 0 Å². The summed E-state index contributed by atoms with van der Waals surface area (Å²) in [5.41, 5.74) is -0.0811. The third kappa shape index (κ3) is 3.63. The van der Waals surface area contributed by atoms with Crippen molar-refractivity contribution in [1.29, 1.82) is 5.26 Å². The van der Waals surface area contributed by atoms with Gasteiger partial charge in [0.15, 0.2) is 0 Å². The summed E-state index contributed by atoms with van der Waals surface area (Å²) in [6, 6.07) is 3.72. The second-order valence-electron chi connectivity index (χ2n) is 4.65. The lowest BCUT2D eigenvalue weighted by Gasteiger charge is -2.12. The van der Waals surface area contributed by atoms with Gasteiger partial charge in [0, 0.05) is 23.2 Å². The van der Waals surface area contributed by atoms with Crippen LogP contribution in [0.1, 0.15) is 40.9 Å². The van der Waals surface area contributed by atoms with Crippen molar-refractivity contribution in [2.75, 3.05) is 0 Å². The van der Waals surface area contributed by atoms with E-state index in [9.17, 15) is 8.78 Å². The molecule has 1 N–H and O–H groups in total. The van der Waals surface area contributed by atoms with Gasteiger partial charge in [0.1, 0.15) is 16.6 Å². The van der Waals surface area contributed by atoms with E-state index in [0.29, 0.717) is 0 Å². The molecule has 1 atom stereocenters. The van der Waals surface area contributed by atoms with E-state index in [-0.39, 0.29) is 23.7 Å². The van der Waals surface area contributed by atoms with E-state index < -0.39 is 11.6 Å². The molecule has 0 aliphatic rings. The number of nitrogens with zero attached hydrogens (tertiary/aromatic N) is 2. The van der Waals surface area contributed by atoms with Crippen molar-refractivity contribution < 1.29 is 8.78 Å². The molecular formula is C15H15F2N3S. The highest BCUT2D eigenvalue weighted by Gasteiger charge is 2.14. The number of nitriles is 1. The van der Waals surface area contributed by atoms with Gasteiger partial charge < -0.3 is 5.32 Å². The van der Waals surface area contributed by atoms with E-state index in [1.54, 1.807) is 17.4 Å². The van der Waals surface area contributed by atoms with Crippen LogP contribution in [0.25, 0.3) is 0 Å². The second-order valence-corrected chi connectivity index (χ2v) is 5.80. The van der Waals surface area contributed by atoms with Gasteiger partial charge in [-0.1, -0.05) is 6.92 Å². The summed E-state index contributed by atoms with van der Waals surface area (Å²) >= 11 is 1.59. The van der Waals surface area contributed by atoms with Crippen LogP contribution >= 0.6 is 11.3 Å². The molecule has 6 heteroatoms. The van der Waals surface area contributed by atoms with E-state index in [4.69, 9.17) is 5.26 Å². The molecule has 110 valence electrons. The molecule has 0 aliphatic carbocycles. The number of halogens is 2. The summed E-state index contributed by atoms with van der Waals surface area (Å²) in [6.07, 6.45) is 2.74. The van der Waals surface area contributed by atoms with Gasteiger partial charge in [-0.2, -0.15) is 5.26 Å². The van der Waals surface area contributed by atoms with Gasteiger partial charge in [-0.3, -0.25) is 0 Å². The number of aromatic nitrogens is 1. The highest BCUT2D eigenvalue weighted by atomic mass is 32.1. The maximum atomic E-state index is 13.8. The molecule has 2 aromatic rings. The molecule has 0 bridgehead atoms. The summed E-state index contributed by atoms with van der Waals surface area (Å²) in [4.78, 5) is 5.47. The van der Waals surface area contributed by atoms with Gasteiger partial charge in [-0.05, 0) is 25.5 Å². The minimum atomic E-state index is -0.709. The zero-order chi connectivity index (χ0) is 15.4. The summed E-state index contributed by atoms with van der Waals surface area (Å²) in [6.45, 7) is 4.00. The Bertz CT molecular complexity index is 653. The topological polar surface area (TPSA) is 48.7 Å². The van der Waals surface area contributed by atoms with Crippen LogP contribution in [-0.2, 0) is 13.0 Å². The second kappa shape index (κ2) is 6.74. The normalized spacial score (nSPS) is 12.1. The lowest BCUT2D eigenvalue weighted by atomic mass is 10.1. The fraction of sp³-hybridized carbons (Fsp3) is 0.333. The molecule has 0 saturated carbocycles. The summed E-state index contributed by atoms with van der Waals surface area (Å²) in [5.74, 6) is -1.42. The van der Waals surface area contributed by atoms with Crippen molar-refractivity contribution in [3.63, 3.8) is 0 Å². The maximum Gasteiger partial charge on any atom is 0.131 e. The standard InChI is InChI=1S/C15H15F2N3S/c1-3-11-7-20-15(21-11)9(2)19-8-12-13(16)4-10(6-18)5-14(12)17/h4-5,7,9,19H,3,8H2,1-2H3. The van der Waals surface area contributed by atoms with Crippen molar-refractivity contribution in [3.8, 4) is 6.07 Å². The zero-order valence-corrected chi connectivity index (χ0v) is 12.6. The monoisotopic (exact) mass is 307 g/mol. The van der Waals surface area contributed by atoms with Gasteiger partial charge >= 0.3 is 0 Å². The molecule has 0 aliphatic heterocycles. The smallest absolute Gasteiger partial charge is 0.131 e. The molecule has 21 heavy (non-hydrogen) atoms. The van der Waals surface area contributed by atoms with Crippen LogP contribution in [0.15, 0.2) is 18.3 Å². The third-order valence-electron chi connectivity index (χ3n) is 3.15. The number of benzene rings is 1. The predicted octanol–water partition coefficient (Wildman–Crippen LogP) is 3.71. The average Bonchev–Trinajstić information content (AvgIpc) is 2.94. The Hall–Kier alpha value is -1.84. The van der Waals surface area contributed by atoms with Crippen LogP contribution in [0.2, 0.25) is 0 Å². The van der Waals surface area contributed by atoms with Crippen molar-refractivity contribution >= 4 is 11.3 Å². The van der Waals surface area contributed by atoms with E-state index in [1.807, 2.05) is 13.1 Å². The number of hydrogen-bond acceptors (Lipinski definition) is 4. The Morgan fingerprint density at radius 3 is 2.57 bits per heavy atom. The third-order valence-corrected chi connectivity index (χ3v) is 4.47. The molecule has 1 aromatic heterocycles. The molecule has 1 aromatic carbocycles. The van der Waals surface area contributed by atoms with Crippen LogP contribution in [-0.4, -0.2) is 4.98 Å². The molecule has 0 spiro atoms. The first-order valence-corrected chi connectivity index (χ1v) is 7.42. The van der Waals surface area contributed by atoms with Crippen LogP contribution in [0.4, 0.5) is 8.78 Å². The Morgan fingerprint density at radius 2 is 2.05 bits per heavy atom. The number of nitrogens with one attached hydrogen (secondary N) is 1. The van der Waals surface area contributed by atoms with Crippen LogP contribution in [0, 0.1) is 23.0 Å². The van der Waals surface area contributed by atoms with E-state index in [2.05, 4.69) is 17.2 Å². The molecule has 0 fully saturated rings. The van der Waals surface area contributed by atoms with Crippen LogP contribution < -0.4 is 5.32 Å². The van der Waals surface area contributed by atoms with Gasteiger partial charge in [0.05, 0.1) is 17.7 Å². The first-order chi connectivity index (χ1) is 10.0. The lowest BCUT2D eigenvalue weighted by Crippen LogP contribution is -2.19. The molecule has 0 saturated heterocycles. The minimum Gasteiger partial charge on any atom is -0.304 e. The number of hydrogen-bond donors (Lipinski definition) is 1. The van der Waals surface area contributed by atoms with Crippen molar-refractivity contribution in [3.05, 3.63) is 51.0 Å². The maximum absolute atomic E-state index is 13.8. The molecule has 2 rings (SSSR count). The Morgan fingerprint density at radius 1 is 1.38 bits per heavy atom. The quantitative estimate of drug-likeness (QED) is 0.916. The van der Waals surface area contributed by atoms with Crippen molar-refractivity contribution in [2.45, 2.75) is 32.9 Å². The van der Waals surface area contributed by atoms with Crippen molar-refractivity contribution in [2.24, 2.45) is 0 Å². The van der Waals surface area contributed by atoms with E-state index in [0.717, 1.165) is 23.6 Å². The van der Waals surface area contributed by atoms with Gasteiger partial charge in [-0.25, -0.2) is 13.8 Å². The number of rotatable bonds is 5. The van der Waals surface area contributed by atoms with Gasteiger partial charge in [-0.15, -0.1) is 11.3 Å².